The molecule has 9 heteroatoms. The number of benzene rings is 2. The lowest BCUT2D eigenvalue weighted by Gasteiger charge is -2.28. The van der Waals surface area contributed by atoms with Crippen molar-refractivity contribution in [1.29, 1.82) is 0 Å². The summed E-state index contributed by atoms with van der Waals surface area (Å²) in [5, 5.41) is 0. The molecule has 1 N–H and O–H groups in total. The van der Waals surface area contributed by atoms with E-state index in [1.54, 1.807) is 18.2 Å². The number of nitrogens with zero attached hydrogens (tertiary/aromatic N) is 2. The maximum Gasteiger partial charge on any atom is 0.416 e. The zero-order valence-electron chi connectivity index (χ0n) is 13.7. The number of anilines is 1. The number of nitrogens with one attached hydrogen (secondary N) is 1. The molecule has 0 amide bonds. The highest BCUT2D eigenvalue weighted by Gasteiger charge is 2.38. The molecule has 0 radical (unpaired) electrons. The van der Waals surface area contributed by atoms with Crippen LogP contribution in [0, 0.1) is 5.82 Å². The number of rotatable bonds is 3. The Labute approximate surface area is 150 Å². The molecule has 1 aliphatic rings. The molecule has 2 heterocycles. The number of imidazole rings is 1. The number of aromatic nitrogens is 2. The standard InChI is InChI=1S/C18H13F4N3O2/c19-12-4-10(3-11(5-12)18(20,21)22)16-8-27-17(7-26)25(16)13-1-2-14-15(6-13)24-9-23-14/h1-7,9,16-17H,8H2,(H,23,24). The summed E-state index contributed by atoms with van der Waals surface area (Å²) in [5.41, 5.74) is 0.928. The van der Waals surface area contributed by atoms with Crippen LogP contribution in [-0.4, -0.2) is 29.1 Å². The molecule has 0 spiro atoms. The number of hydrogen-bond donors (Lipinski definition) is 1. The van der Waals surface area contributed by atoms with Crippen LogP contribution in [0.3, 0.4) is 0 Å². The Balaban J connectivity index is 1.79. The van der Waals surface area contributed by atoms with Gasteiger partial charge in [0.2, 0.25) is 0 Å². The first-order chi connectivity index (χ1) is 12.9. The highest BCUT2D eigenvalue weighted by molar-refractivity contribution is 5.80. The number of aldehydes is 1. The van der Waals surface area contributed by atoms with E-state index in [1.165, 1.54) is 11.2 Å². The van der Waals surface area contributed by atoms with Crippen molar-refractivity contribution in [2.45, 2.75) is 18.4 Å². The SMILES string of the molecule is O=CC1OCC(c2cc(F)cc(C(F)(F)F)c2)N1c1ccc2nc[nH]c2c1. The smallest absolute Gasteiger partial charge is 0.349 e. The fraction of sp³-hybridized carbons (Fsp3) is 0.222. The summed E-state index contributed by atoms with van der Waals surface area (Å²) < 4.78 is 58.4. The van der Waals surface area contributed by atoms with E-state index >= 15 is 0 Å². The number of ether oxygens (including phenoxy) is 1. The fourth-order valence-corrected chi connectivity index (χ4v) is 3.27. The molecule has 2 atom stereocenters. The van der Waals surface area contributed by atoms with Gasteiger partial charge in [-0.3, -0.25) is 4.79 Å². The molecule has 1 aliphatic heterocycles. The molecule has 0 aliphatic carbocycles. The van der Waals surface area contributed by atoms with Gasteiger partial charge in [0.1, 0.15) is 5.82 Å². The molecule has 3 aromatic rings. The lowest BCUT2D eigenvalue weighted by atomic mass is 10.0. The minimum atomic E-state index is -4.68. The minimum Gasteiger partial charge on any atom is -0.349 e. The second-order valence-corrected chi connectivity index (χ2v) is 6.16. The summed E-state index contributed by atoms with van der Waals surface area (Å²) in [7, 11) is 0. The van der Waals surface area contributed by atoms with Crippen LogP contribution < -0.4 is 4.90 Å². The van der Waals surface area contributed by atoms with Crippen LogP contribution in [0.5, 0.6) is 0 Å². The molecule has 2 aromatic carbocycles. The van der Waals surface area contributed by atoms with Crippen molar-refractivity contribution in [3.63, 3.8) is 0 Å². The molecule has 4 rings (SSSR count). The molecular formula is C18H13F4N3O2. The normalized spacial score (nSPS) is 20.4. The molecular weight excluding hydrogens is 366 g/mol. The van der Waals surface area contributed by atoms with Gasteiger partial charge in [-0.25, -0.2) is 9.37 Å². The predicted molar refractivity (Wildman–Crippen MR) is 88.5 cm³/mol. The first-order valence-corrected chi connectivity index (χ1v) is 8.03. The van der Waals surface area contributed by atoms with Gasteiger partial charge >= 0.3 is 6.18 Å². The zero-order valence-corrected chi connectivity index (χ0v) is 13.7. The van der Waals surface area contributed by atoms with Crippen molar-refractivity contribution in [2.24, 2.45) is 0 Å². The average Bonchev–Trinajstić information content (AvgIpc) is 3.26. The third-order valence-electron chi connectivity index (χ3n) is 4.49. The molecule has 140 valence electrons. The first-order valence-electron chi connectivity index (χ1n) is 8.03. The van der Waals surface area contributed by atoms with E-state index in [4.69, 9.17) is 4.74 Å². The number of H-pyrrole nitrogens is 1. The number of halogens is 4. The van der Waals surface area contributed by atoms with Crippen molar-refractivity contribution < 1.29 is 27.1 Å². The number of carbonyl (C=O) groups is 1. The average molecular weight is 379 g/mol. The Morgan fingerprint density at radius 1 is 1.22 bits per heavy atom. The lowest BCUT2D eigenvalue weighted by Crippen LogP contribution is -2.33. The third-order valence-corrected chi connectivity index (χ3v) is 4.49. The Kier molecular flexibility index (Phi) is 4.11. The van der Waals surface area contributed by atoms with E-state index in [-0.39, 0.29) is 12.2 Å². The van der Waals surface area contributed by atoms with Crippen molar-refractivity contribution in [3.05, 3.63) is 59.7 Å². The van der Waals surface area contributed by atoms with E-state index in [0.29, 0.717) is 29.1 Å². The number of aromatic amines is 1. The van der Waals surface area contributed by atoms with Crippen LogP contribution in [0.1, 0.15) is 17.2 Å². The second kappa shape index (κ2) is 6.34. The van der Waals surface area contributed by atoms with Gasteiger partial charge in [-0.05, 0) is 42.0 Å². The number of hydrogen-bond acceptors (Lipinski definition) is 4. The van der Waals surface area contributed by atoms with Gasteiger partial charge in [-0.1, -0.05) is 0 Å². The van der Waals surface area contributed by atoms with Crippen LogP contribution >= 0.6 is 0 Å². The summed E-state index contributed by atoms with van der Waals surface area (Å²) >= 11 is 0. The molecule has 2 unspecified atom stereocenters. The van der Waals surface area contributed by atoms with E-state index in [9.17, 15) is 22.4 Å². The van der Waals surface area contributed by atoms with Gasteiger partial charge in [-0.2, -0.15) is 13.2 Å². The van der Waals surface area contributed by atoms with Gasteiger partial charge in [-0.15, -0.1) is 0 Å². The van der Waals surface area contributed by atoms with Gasteiger partial charge < -0.3 is 14.6 Å². The Morgan fingerprint density at radius 3 is 2.78 bits per heavy atom. The van der Waals surface area contributed by atoms with Gasteiger partial charge in [0.15, 0.2) is 12.5 Å². The molecule has 0 bridgehead atoms. The summed E-state index contributed by atoms with van der Waals surface area (Å²) in [5.74, 6) is -1.00. The third kappa shape index (κ3) is 3.14. The second-order valence-electron chi connectivity index (χ2n) is 6.16. The highest BCUT2D eigenvalue weighted by Crippen LogP contribution is 2.38. The maximum atomic E-state index is 13.8. The summed E-state index contributed by atoms with van der Waals surface area (Å²) in [4.78, 5) is 20.0. The highest BCUT2D eigenvalue weighted by atomic mass is 19.4. The molecule has 1 aromatic heterocycles. The lowest BCUT2D eigenvalue weighted by molar-refractivity contribution is -0.137. The molecule has 1 saturated heterocycles. The molecule has 5 nitrogen and oxygen atoms in total. The number of fused-ring (bicyclic) bond motifs is 1. The van der Waals surface area contributed by atoms with Crippen molar-refractivity contribution >= 4 is 23.0 Å². The van der Waals surface area contributed by atoms with Crippen LogP contribution in [0.2, 0.25) is 0 Å². The summed E-state index contributed by atoms with van der Waals surface area (Å²) in [6.45, 7) is -0.0504. The Bertz CT molecular complexity index is 1000. The monoisotopic (exact) mass is 379 g/mol. The fourth-order valence-electron chi connectivity index (χ4n) is 3.27. The number of carbonyl (C=O) groups excluding carboxylic acids is 1. The van der Waals surface area contributed by atoms with Crippen LogP contribution in [0.15, 0.2) is 42.7 Å². The number of alkyl halides is 3. The van der Waals surface area contributed by atoms with E-state index < -0.39 is 29.8 Å². The Morgan fingerprint density at radius 2 is 2.04 bits per heavy atom. The Hall–Kier alpha value is -2.94. The summed E-state index contributed by atoms with van der Waals surface area (Å²) in [6, 6.07) is 6.71. The largest absolute Gasteiger partial charge is 0.416 e. The van der Waals surface area contributed by atoms with Gasteiger partial charge in [0.05, 0.1) is 35.6 Å². The van der Waals surface area contributed by atoms with E-state index in [0.717, 1.165) is 12.1 Å². The quantitative estimate of drug-likeness (QED) is 0.555. The topological polar surface area (TPSA) is 58.2 Å². The summed E-state index contributed by atoms with van der Waals surface area (Å²) in [6.07, 6.45) is -3.61. The van der Waals surface area contributed by atoms with Gasteiger partial charge in [0, 0.05) is 5.69 Å². The van der Waals surface area contributed by atoms with E-state index in [1.807, 2.05) is 0 Å². The molecule has 1 fully saturated rings. The van der Waals surface area contributed by atoms with Gasteiger partial charge in [0.25, 0.3) is 0 Å². The minimum absolute atomic E-state index is 0.0504. The van der Waals surface area contributed by atoms with Crippen molar-refractivity contribution in [3.8, 4) is 0 Å². The van der Waals surface area contributed by atoms with Crippen LogP contribution in [0.4, 0.5) is 23.2 Å². The first kappa shape index (κ1) is 17.5. The zero-order chi connectivity index (χ0) is 19.2. The molecule has 27 heavy (non-hydrogen) atoms. The van der Waals surface area contributed by atoms with Crippen molar-refractivity contribution in [2.75, 3.05) is 11.5 Å². The van der Waals surface area contributed by atoms with E-state index in [2.05, 4.69) is 9.97 Å². The maximum absolute atomic E-state index is 13.8. The predicted octanol–water partition coefficient (Wildman–Crippen LogP) is 3.82. The molecule has 0 saturated carbocycles. The van der Waals surface area contributed by atoms with Crippen LogP contribution in [-0.2, 0) is 15.7 Å². The van der Waals surface area contributed by atoms with Crippen molar-refractivity contribution in [1.82, 2.24) is 9.97 Å². The van der Waals surface area contributed by atoms with Crippen LogP contribution in [0.25, 0.3) is 11.0 Å².